The van der Waals surface area contributed by atoms with Crippen LogP contribution in [0.1, 0.15) is 24.7 Å². The molecule has 27 heavy (non-hydrogen) atoms. The van der Waals surface area contributed by atoms with Crippen LogP contribution in [0.4, 0.5) is 5.13 Å². The number of aromatic hydroxyl groups is 1. The first-order chi connectivity index (χ1) is 13.2. The minimum atomic E-state index is 0.316. The number of aromatic nitrogens is 2. The number of nitrogens with zero attached hydrogens (tertiary/aromatic N) is 5. The van der Waals surface area contributed by atoms with E-state index >= 15 is 0 Å². The Balaban J connectivity index is 1.41. The van der Waals surface area contributed by atoms with Crippen LogP contribution in [0.2, 0.25) is 0 Å². The highest BCUT2D eigenvalue weighted by Crippen LogP contribution is 2.19. The summed E-state index contributed by atoms with van der Waals surface area (Å²) in [6.45, 7) is 6.70. The van der Waals surface area contributed by atoms with E-state index < -0.39 is 0 Å². The number of guanidine groups is 1. The summed E-state index contributed by atoms with van der Waals surface area (Å²) < 4.78 is 4.39. The van der Waals surface area contributed by atoms with Gasteiger partial charge in [0, 0.05) is 57.7 Å². The van der Waals surface area contributed by atoms with Gasteiger partial charge >= 0.3 is 0 Å². The monoisotopic (exact) mass is 388 g/mol. The molecule has 8 heteroatoms. The Hall–Kier alpha value is -2.35. The van der Waals surface area contributed by atoms with Crippen LogP contribution >= 0.6 is 11.5 Å². The maximum Gasteiger partial charge on any atom is 0.205 e. The molecule has 1 aliphatic rings. The topological polar surface area (TPSA) is 76.9 Å². The molecule has 1 fully saturated rings. The number of phenols is 1. The van der Waals surface area contributed by atoms with Crippen LogP contribution in [0.15, 0.2) is 29.3 Å². The number of nitrogens with one attached hydrogen (secondary N) is 1. The molecule has 3 rings (SSSR count). The molecule has 0 bridgehead atoms. The van der Waals surface area contributed by atoms with Gasteiger partial charge < -0.3 is 20.2 Å². The Morgan fingerprint density at radius 2 is 1.96 bits per heavy atom. The van der Waals surface area contributed by atoms with Crippen LogP contribution < -0.4 is 10.2 Å². The van der Waals surface area contributed by atoms with Crippen molar-refractivity contribution in [3.8, 4) is 5.75 Å². The summed E-state index contributed by atoms with van der Waals surface area (Å²) in [7, 11) is 1.84. The maximum atomic E-state index is 9.34. The number of hydrogen-bond donors (Lipinski definition) is 2. The van der Waals surface area contributed by atoms with E-state index in [2.05, 4.69) is 36.4 Å². The van der Waals surface area contributed by atoms with Crippen molar-refractivity contribution in [2.75, 3.05) is 44.7 Å². The predicted molar refractivity (Wildman–Crippen MR) is 111 cm³/mol. The fraction of sp³-hybridized carbons (Fsp3) is 0.526. The van der Waals surface area contributed by atoms with Crippen molar-refractivity contribution in [1.82, 2.24) is 19.6 Å². The van der Waals surface area contributed by atoms with E-state index in [4.69, 9.17) is 0 Å². The predicted octanol–water partition coefficient (Wildman–Crippen LogP) is 2.14. The largest absolute Gasteiger partial charge is 0.508 e. The molecule has 0 atom stereocenters. The quantitative estimate of drug-likeness (QED) is 0.449. The van der Waals surface area contributed by atoms with Gasteiger partial charge in [-0.25, -0.2) is 4.98 Å². The highest BCUT2D eigenvalue weighted by molar-refractivity contribution is 7.09. The van der Waals surface area contributed by atoms with Gasteiger partial charge in [-0.15, -0.1) is 0 Å². The lowest BCUT2D eigenvalue weighted by Crippen LogP contribution is -2.52. The molecule has 1 aromatic heterocycles. The van der Waals surface area contributed by atoms with Crippen LogP contribution in [-0.2, 0) is 12.8 Å². The smallest absolute Gasteiger partial charge is 0.205 e. The SMILES string of the molecule is CCc1nsc(N2CCN(C(=NC)NCCCc3ccc(O)cc3)CC2)n1. The molecule has 0 amide bonds. The lowest BCUT2D eigenvalue weighted by Gasteiger charge is -2.36. The summed E-state index contributed by atoms with van der Waals surface area (Å²) >= 11 is 1.50. The molecule has 0 aliphatic carbocycles. The molecule has 2 aromatic rings. The molecule has 1 aliphatic heterocycles. The Kier molecular flexibility index (Phi) is 6.86. The molecular formula is C19H28N6OS. The van der Waals surface area contributed by atoms with Crippen molar-refractivity contribution in [3.05, 3.63) is 35.7 Å². The van der Waals surface area contributed by atoms with E-state index in [0.717, 1.165) is 68.9 Å². The standard InChI is InChI=1S/C19H28N6OS/c1-3-17-22-19(27-23-17)25-13-11-24(12-14-25)18(20-2)21-10-4-5-15-6-8-16(26)9-7-15/h6-9,26H,3-5,10-14H2,1-2H3,(H,20,21). The zero-order valence-corrected chi connectivity index (χ0v) is 16.9. The third-order valence-corrected chi connectivity index (χ3v) is 5.51. The molecule has 1 aromatic carbocycles. The van der Waals surface area contributed by atoms with Gasteiger partial charge in [0.1, 0.15) is 11.6 Å². The minimum absolute atomic E-state index is 0.316. The molecule has 0 spiro atoms. The Morgan fingerprint density at radius 3 is 2.59 bits per heavy atom. The first kappa shape index (κ1) is 19.4. The van der Waals surface area contributed by atoms with Crippen LogP contribution in [0, 0.1) is 0 Å². The summed E-state index contributed by atoms with van der Waals surface area (Å²) in [5.74, 6) is 2.21. The fourth-order valence-corrected chi connectivity index (χ4v) is 3.92. The molecule has 0 radical (unpaired) electrons. The van der Waals surface area contributed by atoms with Crippen LogP contribution in [-0.4, -0.2) is 65.1 Å². The van der Waals surface area contributed by atoms with Crippen molar-refractivity contribution >= 4 is 22.6 Å². The van der Waals surface area contributed by atoms with E-state index in [1.54, 1.807) is 12.1 Å². The molecule has 2 heterocycles. The van der Waals surface area contributed by atoms with E-state index in [1.165, 1.54) is 17.1 Å². The molecule has 1 saturated heterocycles. The van der Waals surface area contributed by atoms with Gasteiger partial charge in [0.2, 0.25) is 5.13 Å². The highest BCUT2D eigenvalue weighted by Gasteiger charge is 2.21. The van der Waals surface area contributed by atoms with E-state index in [-0.39, 0.29) is 0 Å². The number of aryl methyl sites for hydroxylation is 2. The molecule has 0 saturated carbocycles. The van der Waals surface area contributed by atoms with Crippen molar-refractivity contribution in [2.24, 2.45) is 4.99 Å². The molecular weight excluding hydrogens is 360 g/mol. The lowest BCUT2D eigenvalue weighted by atomic mass is 10.1. The summed E-state index contributed by atoms with van der Waals surface area (Å²) in [6.07, 6.45) is 2.89. The van der Waals surface area contributed by atoms with E-state index in [9.17, 15) is 5.11 Å². The number of piperazine rings is 1. The van der Waals surface area contributed by atoms with Crippen molar-refractivity contribution < 1.29 is 5.11 Å². The first-order valence-corrected chi connectivity index (χ1v) is 10.3. The number of benzene rings is 1. The lowest BCUT2D eigenvalue weighted by molar-refractivity contribution is 0.372. The first-order valence-electron chi connectivity index (χ1n) is 9.50. The van der Waals surface area contributed by atoms with Gasteiger partial charge in [-0.2, -0.15) is 4.37 Å². The van der Waals surface area contributed by atoms with Gasteiger partial charge in [0.15, 0.2) is 5.96 Å². The van der Waals surface area contributed by atoms with Crippen molar-refractivity contribution in [2.45, 2.75) is 26.2 Å². The van der Waals surface area contributed by atoms with Crippen LogP contribution in [0.3, 0.4) is 0 Å². The molecule has 7 nitrogen and oxygen atoms in total. The molecule has 0 unspecified atom stereocenters. The van der Waals surface area contributed by atoms with Gasteiger partial charge in [0.25, 0.3) is 0 Å². The van der Waals surface area contributed by atoms with E-state index in [1.807, 2.05) is 19.2 Å². The second kappa shape index (κ2) is 9.55. The Labute approximate surface area is 164 Å². The average molecular weight is 389 g/mol. The van der Waals surface area contributed by atoms with Crippen LogP contribution in [0.5, 0.6) is 5.75 Å². The van der Waals surface area contributed by atoms with Gasteiger partial charge in [-0.1, -0.05) is 19.1 Å². The minimum Gasteiger partial charge on any atom is -0.508 e. The Morgan fingerprint density at radius 1 is 1.22 bits per heavy atom. The second-order valence-electron chi connectivity index (χ2n) is 6.56. The molecule has 2 N–H and O–H groups in total. The zero-order valence-electron chi connectivity index (χ0n) is 16.1. The van der Waals surface area contributed by atoms with E-state index in [0.29, 0.717) is 5.75 Å². The highest BCUT2D eigenvalue weighted by atomic mass is 32.1. The third-order valence-electron chi connectivity index (χ3n) is 4.70. The normalized spacial score (nSPS) is 15.3. The molecule has 146 valence electrons. The Bertz CT molecular complexity index is 737. The maximum absolute atomic E-state index is 9.34. The summed E-state index contributed by atoms with van der Waals surface area (Å²) in [4.78, 5) is 13.6. The zero-order chi connectivity index (χ0) is 19.1. The summed E-state index contributed by atoms with van der Waals surface area (Å²) in [5, 5.41) is 13.8. The number of aliphatic imine (C=N–C) groups is 1. The van der Waals surface area contributed by atoms with Crippen LogP contribution in [0.25, 0.3) is 0 Å². The number of phenolic OH excluding ortho intramolecular Hbond substituents is 1. The number of hydrogen-bond acceptors (Lipinski definition) is 6. The number of rotatable bonds is 6. The summed E-state index contributed by atoms with van der Waals surface area (Å²) in [6, 6.07) is 7.42. The fourth-order valence-electron chi connectivity index (χ4n) is 3.11. The van der Waals surface area contributed by atoms with Gasteiger partial charge in [0.05, 0.1) is 0 Å². The summed E-state index contributed by atoms with van der Waals surface area (Å²) in [5.41, 5.74) is 1.24. The van der Waals surface area contributed by atoms with Crippen molar-refractivity contribution in [3.63, 3.8) is 0 Å². The van der Waals surface area contributed by atoms with Crippen molar-refractivity contribution in [1.29, 1.82) is 0 Å². The third kappa shape index (κ3) is 5.32. The van der Waals surface area contributed by atoms with Gasteiger partial charge in [-0.05, 0) is 30.5 Å². The average Bonchev–Trinajstić information content (AvgIpc) is 3.19. The number of anilines is 1. The van der Waals surface area contributed by atoms with Gasteiger partial charge in [-0.3, -0.25) is 4.99 Å². The second-order valence-corrected chi connectivity index (χ2v) is 7.30.